The van der Waals surface area contributed by atoms with E-state index in [2.05, 4.69) is 6.58 Å². The van der Waals surface area contributed by atoms with Crippen molar-refractivity contribution in [3.8, 4) is 0 Å². The molecule has 0 fully saturated rings. The van der Waals surface area contributed by atoms with Gasteiger partial charge in [0.05, 0.1) is 112 Å². The van der Waals surface area contributed by atoms with Crippen molar-refractivity contribution in [2.24, 2.45) is 0 Å². The van der Waals surface area contributed by atoms with Gasteiger partial charge in [-0.15, -0.1) is 0 Å². The van der Waals surface area contributed by atoms with Gasteiger partial charge in [-0.25, -0.2) is 0 Å². The Kier molecular flexibility index (Phi) is 23.3. The number of hydrogen-bond donors (Lipinski definition) is 0. The molecule has 34 heavy (non-hydrogen) atoms. The molecule has 0 saturated carbocycles. The van der Waals surface area contributed by atoms with Gasteiger partial charge in [0.15, 0.2) is 0 Å². The highest BCUT2D eigenvalue weighted by atomic mass is 16.6. The van der Waals surface area contributed by atoms with Gasteiger partial charge >= 0.3 is 0 Å². The van der Waals surface area contributed by atoms with Crippen LogP contribution in [0.2, 0.25) is 0 Å². The third-order valence-corrected chi connectivity index (χ3v) is 4.18. The van der Waals surface area contributed by atoms with E-state index >= 15 is 0 Å². The molecule has 0 spiro atoms. The molecular weight excluding hydrogens is 444 g/mol. The van der Waals surface area contributed by atoms with Crippen LogP contribution >= 0.6 is 0 Å². The Hall–Kier alpha value is -1.56. The van der Waals surface area contributed by atoms with Gasteiger partial charge in [-0.1, -0.05) is 36.9 Å². The quantitative estimate of drug-likeness (QED) is 0.138. The Labute approximate surface area is 204 Å². The van der Waals surface area contributed by atoms with E-state index in [0.29, 0.717) is 112 Å². The molecule has 0 atom stereocenters. The Morgan fingerprint density at radius 3 is 1.12 bits per heavy atom. The van der Waals surface area contributed by atoms with Crippen molar-refractivity contribution in [1.29, 1.82) is 0 Å². The summed E-state index contributed by atoms with van der Waals surface area (Å²) in [6, 6.07) is 10.1. The maximum absolute atomic E-state index is 5.55. The number of ether oxygens (including phenoxy) is 9. The van der Waals surface area contributed by atoms with Gasteiger partial charge < -0.3 is 42.6 Å². The van der Waals surface area contributed by atoms with Gasteiger partial charge in [-0.2, -0.15) is 0 Å². The molecule has 0 aliphatic heterocycles. The minimum Gasteiger partial charge on any atom is -0.499 e. The van der Waals surface area contributed by atoms with Crippen LogP contribution in [0.3, 0.4) is 0 Å². The minimum absolute atomic E-state index is 0.508. The molecule has 0 aliphatic rings. The van der Waals surface area contributed by atoms with Crippen molar-refractivity contribution < 1.29 is 42.6 Å². The molecule has 196 valence electrons. The molecule has 0 saturated heterocycles. The number of benzene rings is 1. The van der Waals surface area contributed by atoms with Crippen LogP contribution in [0, 0.1) is 0 Å². The zero-order chi connectivity index (χ0) is 24.2. The van der Waals surface area contributed by atoms with Crippen molar-refractivity contribution in [2.75, 3.05) is 106 Å². The first kappa shape index (κ1) is 30.5. The summed E-state index contributed by atoms with van der Waals surface area (Å²) in [6.45, 7) is 12.6. The standard InChI is InChI=1S/C25H42O9/c1-2-26-8-9-27-10-11-28-12-13-29-14-15-30-16-17-31-18-19-32-20-21-33-22-23-34-24-25-6-4-3-5-7-25/h2-7H,1,8-24H2. The molecule has 0 aliphatic carbocycles. The predicted octanol–water partition coefficient (Wildman–Crippen LogP) is 2.48. The fourth-order valence-electron chi connectivity index (χ4n) is 2.49. The summed E-state index contributed by atoms with van der Waals surface area (Å²) in [5, 5.41) is 0. The van der Waals surface area contributed by atoms with Gasteiger partial charge in [-0.05, 0) is 5.56 Å². The monoisotopic (exact) mass is 486 g/mol. The highest BCUT2D eigenvalue weighted by Gasteiger charge is 1.96. The van der Waals surface area contributed by atoms with Crippen LogP contribution in [-0.2, 0) is 49.2 Å². The summed E-state index contributed by atoms with van der Waals surface area (Å²) in [5.74, 6) is 0. The third kappa shape index (κ3) is 22.2. The van der Waals surface area contributed by atoms with E-state index in [4.69, 9.17) is 42.6 Å². The van der Waals surface area contributed by atoms with Crippen LogP contribution in [0.5, 0.6) is 0 Å². The molecule has 1 aromatic carbocycles. The lowest BCUT2D eigenvalue weighted by Crippen LogP contribution is -2.15. The second-order valence-electron chi connectivity index (χ2n) is 6.86. The maximum atomic E-state index is 5.55. The van der Waals surface area contributed by atoms with E-state index in [0.717, 1.165) is 5.56 Å². The van der Waals surface area contributed by atoms with Crippen LogP contribution in [0.25, 0.3) is 0 Å². The Balaban J connectivity index is 1.64. The van der Waals surface area contributed by atoms with Crippen LogP contribution in [-0.4, -0.2) is 106 Å². The fourth-order valence-corrected chi connectivity index (χ4v) is 2.49. The predicted molar refractivity (Wildman–Crippen MR) is 128 cm³/mol. The van der Waals surface area contributed by atoms with Crippen LogP contribution in [0.4, 0.5) is 0 Å². The van der Waals surface area contributed by atoms with Gasteiger partial charge in [0, 0.05) is 0 Å². The molecule has 1 rings (SSSR count). The molecule has 1 aromatic rings. The lowest BCUT2D eigenvalue weighted by molar-refractivity contribution is -0.0243. The van der Waals surface area contributed by atoms with Crippen molar-refractivity contribution in [1.82, 2.24) is 0 Å². The average molecular weight is 487 g/mol. The van der Waals surface area contributed by atoms with Crippen molar-refractivity contribution >= 4 is 0 Å². The van der Waals surface area contributed by atoms with Crippen molar-refractivity contribution in [3.05, 3.63) is 48.7 Å². The summed E-state index contributed by atoms with van der Waals surface area (Å²) in [4.78, 5) is 0. The van der Waals surface area contributed by atoms with E-state index in [1.807, 2.05) is 30.3 Å². The molecular formula is C25H42O9. The zero-order valence-electron chi connectivity index (χ0n) is 20.4. The zero-order valence-corrected chi connectivity index (χ0v) is 20.4. The van der Waals surface area contributed by atoms with Gasteiger partial charge in [0.2, 0.25) is 0 Å². The molecule has 9 nitrogen and oxygen atoms in total. The van der Waals surface area contributed by atoms with Gasteiger partial charge in [0.1, 0.15) is 6.61 Å². The van der Waals surface area contributed by atoms with E-state index in [-0.39, 0.29) is 0 Å². The Morgan fingerprint density at radius 1 is 0.441 bits per heavy atom. The summed E-state index contributed by atoms with van der Waals surface area (Å²) < 4.78 is 48.4. The molecule has 9 heteroatoms. The molecule has 0 radical (unpaired) electrons. The van der Waals surface area contributed by atoms with E-state index < -0.39 is 0 Å². The summed E-state index contributed by atoms with van der Waals surface area (Å²) in [7, 11) is 0. The van der Waals surface area contributed by atoms with Crippen molar-refractivity contribution in [3.63, 3.8) is 0 Å². The first-order valence-electron chi connectivity index (χ1n) is 11.8. The van der Waals surface area contributed by atoms with Crippen molar-refractivity contribution in [2.45, 2.75) is 6.61 Å². The first-order valence-corrected chi connectivity index (χ1v) is 11.8. The topological polar surface area (TPSA) is 83.1 Å². The molecule has 0 N–H and O–H groups in total. The third-order valence-electron chi connectivity index (χ3n) is 4.18. The summed E-state index contributed by atoms with van der Waals surface area (Å²) in [6.07, 6.45) is 1.40. The first-order chi connectivity index (χ1) is 16.9. The van der Waals surface area contributed by atoms with Gasteiger partial charge in [0.25, 0.3) is 0 Å². The average Bonchev–Trinajstić information content (AvgIpc) is 2.87. The van der Waals surface area contributed by atoms with Crippen LogP contribution in [0.15, 0.2) is 43.2 Å². The normalized spacial score (nSPS) is 11.1. The highest BCUT2D eigenvalue weighted by molar-refractivity contribution is 5.13. The van der Waals surface area contributed by atoms with Crippen LogP contribution in [0.1, 0.15) is 5.56 Å². The smallest absolute Gasteiger partial charge is 0.111 e. The number of hydrogen-bond acceptors (Lipinski definition) is 9. The summed E-state index contributed by atoms with van der Waals surface area (Å²) >= 11 is 0. The maximum Gasteiger partial charge on any atom is 0.111 e. The molecule has 0 aromatic heterocycles. The molecule has 0 heterocycles. The SMILES string of the molecule is C=COCCOCCOCCOCCOCCOCCOCCOCCOCc1ccccc1. The summed E-state index contributed by atoms with van der Waals surface area (Å²) in [5.41, 5.74) is 1.16. The largest absolute Gasteiger partial charge is 0.499 e. The molecule has 0 unspecified atom stereocenters. The van der Waals surface area contributed by atoms with E-state index in [9.17, 15) is 0 Å². The van der Waals surface area contributed by atoms with E-state index in [1.165, 1.54) is 6.26 Å². The van der Waals surface area contributed by atoms with Crippen LogP contribution < -0.4 is 0 Å². The lowest BCUT2D eigenvalue weighted by atomic mass is 10.2. The second kappa shape index (κ2) is 26.1. The van der Waals surface area contributed by atoms with E-state index in [1.54, 1.807) is 0 Å². The number of rotatable bonds is 27. The molecule has 0 bridgehead atoms. The highest BCUT2D eigenvalue weighted by Crippen LogP contribution is 1.99. The Bertz CT molecular complexity index is 530. The lowest BCUT2D eigenvalue weighted by Gasteiger charge is -2.08. The van der Waals surface area contributed by atoms with Gasteiger partial charge in [-0.3, -0.25) is 0 Å². The second-order valence-corrected chi connectivity index (χ2v) is 6.86. The minimum atomic E-state index is 0.508. The molecule has 0 amide bonds. The Morgan fingerprint density at radius 2 is 0.765 bits per heavy atom. The fraction of sp³-hybridized carbons (Fsp3) is 0.680.